The standard InChI is InChI=1S/C16H20N4O2/c21-15-11-5-14-12(16(22)20(18-14)8-10-3-4-10)6-13(11)17-19(15)7-9-1-2-9/h9-10,17-18H,1-8H2. The first kappa shape index (κ1) is 12.6. The van der Waals surface area contributed by atoms with E-state index in [9.17, 15) is 9.59 Å². The van der Waals surface area contributed by atoms with Crippen molar-refractivity contribution >= 4 is 0 Å². The Hall–Kier alpha value is -1.98. The van der Waals surface area contributed by atoms with Gasteiger partial charge in [-0.3, -0.25) is 29.2 Å². The van der Waals surface area contributed by atoms with Gasteiger partial charge in [0.25, 0.3) is 11.1 Å². The van der Waals surface area contributed by atoms with Crippen LogP contribution in [-0.4, -0.2) is 19.6 Å². The van der Waals surface area contributed by atoms with Crippen molar-refractivity contribution in [2.75, 3.05) is 0 Å². The molecule has 3 aliphatic rings. The second-order valence-corrected chi connectivity index (χ2v) is 7.21. The third-order valence-corrected chi connectivity index (χ3v) is 5.26. The largest absolute Gasteiger partial charge is 0.299 e. The molecule has 0 aliphatic heterocycles. The average Bonchev–Trinajstić information content (AvgIpc) is 3.40. The van der Waals surface area contributed by atoms with E-state index in [-0.39, 0.29) is 11.1 Å². The van der Waals surface area contributed by atoms with Gasteiger partial charge in [0, 0.05) is 48.4 Å². The highest BCUT2D eigenvalue weighted by Gasteiger charge is 2.30. The second-order valence-electron chi connectivity index (χ2n) is 7.21. The Labute approximate surface area is 127 Å². The van der Waals surface area contributed by atoms with Crippen LogP contribution in [-0.2, 0) is 25.9 Å². The van der Waals surface area contributed by atoms with Crippen LogP contribution in [0.2, 0.25) is 0 Å². The number of nitrogens with one attached hydrogen (secondary N) is 2. The number of fused-ring (bicyclic) bond motifs is 2. The van der Waals surface area contributed by atoms with Crippen LogP contribution in [0.4, 0.5) is 0 Å². The molecule has 22 heavy (non-hydrogen) atoms. The summed E-state index contributed by atoms with van der Waals surface area (Å²) in [5.74, 6) is 1.32. The zero-order chi connectivity index (χ0) is 14.8. The molecule has 6 heteroatoms. The molecule has 0 bridgehead atoms. The molecule has 2 aromatic heterocycles. The molecule has 2 aromatic rings. The van der Waals surface area contributed by atoms with Gasteiger partial charge in [-0.05, 0) is 37.5 Å². The van der Waals surface area contributed by atoms with Gasteiger partial charge in [0.15, 0.2) is 0 Å². The fourth-order valence-corrected chi connectivity index (χ4v) is 3.53. The topological polar surface area (TPSA) is 75.6 Å². The van der Waals surface area contributed by atoms with E-state index in [4.69, 9.17) is 0 Å². The highest BCUT2D eigenvalue weighted by atomic mass is 16.1. The number of hydrogen-bond acceptors (Lipinski definition) is 2. The van der Waals surface area contributed by atoms with Gasteiger partial charge in [-0.25, -0.2) is 0 Å². The van der Waals surface area contributed by atoms with Crippen LogP contribution in [0.15, 0.2) is 9.59 Å². The molecule has 3 aliphatic carbocycles. The highest BCUT2D eigenvalue weighted by molar-refractivity contribution is 5.37. The Morgan fingerprint density at radius 1 is 0.773 bits per heavy atom. The fraction of sp³-hybridized carbons (Fsp3) is 0.625. The molecule has 0 atom stereocenters. The number of H-pyrrole nitrogens is 2. The highest BCUT2D eigenvalue weighted by Crippen LogP contribution is 2.31. The van der Waals surface area contributed by atoms with Crippen LogP contribution < -0.4 is 11.1 Å². The van der Waals surface area contributed by atoms with E-state index >= 15 is 0 Å². The van der Waals surface area contributed by atoms with Crippen molar-refractivity contribution in [3.63, 3.8) is 0 Å². The van der Waals surface area contributed by atoms with E-state index in [1.54, 1.807) is 9.36 Å². The summed E-state index contributed by atoms with van der Waals surface area (Å²) in [4.78, 5) is 25.0. The van der Waals surface area contributed by atoms with Crippen molar-refractivity contribution in [3.8, 4) is 0 Å². The van der Waals surface area contributed by atoms with E-state index in [2.05, 4.69) is 10.2 Å². The van der Waals surface area contributed by atoms with Gasteiger partial charge in [0.1, 0.15) is 0 Å². The van der Waals surface area contributed by atoms with Crippen LogP contribution in [0, 0.1) is 11.8 Å². The van der Waals surface area contributed by atoms with Crippen molar-refractivity contribution in [1.29, 1.82) is 0 Å². The van der Waals surface area contributed by atoms with Crippen molar-refractivity contribution < 1.29 is 0 Å². The van der Waals surface area contributed by atoms with Gasteiger partial charge in [0.2, 0.25) is 0 Å². The number of aromatic nitrogens is 4. The molecule has 2 N–H and O–H groups in total. The van der Waals surface area contributed by atoms with Crippen LogP contribution in [0.25, 0.3) is 0 Å². The maximum absolute atomic E-state index is 12.5. The summed E-state index contributed by atoms with van der Waals surface area (Å²) in [5, 5.41) is 6.49. The lowest BCUT2D eigenvalue weighted by molar-refractivity contribution is 0.540. The molecule has 0 saturated heterocycles. The predicted octanol–water partition coefficient (Wildman–Crippen LogP) is 0.981. The van der Waals surface area contributed by atoms with Crippen LogP contribution in [0.3, 0.4) is 0 Å². The van der Waals surface area contributed by atoms with E-state index < -0.39 is 0 Å². The third-order valence-electron chi connectivity index (χ3n) is 5.26. The van der Waals surface area contributed by atoms with Crippen LogP contribution in [0.5, 0.6) is 0 Å². The minimum absolute atomic E-state index is 0.100. The number of hydrogen-bond donors (Lipinski definition) is 2. The van der Waals surface area contributed by atoms with Gasteiger partial charge in [-0.15, -0.1) is 0 Å². The quantitative estimate of drug-likeness (QED) is 0.753. The zero-order valence-electron chi connectivity index (χ0n) is 12.5. The number of aromatic amines is 2. The zero-order valence-corrected chi connectivity index (χ0v) is 12.5. The first-order chi connectivity index (χ1) is 10.7. The lowest BCUT2D eigenvalue weighted by Gasteiger charge is -2.08. The molecule has 2 heterocycles. The smallest absolute Gasteiger partial charge is 0.270 e. The van der Waals surface area contributed by atoms with Crippen molar-refractivity contribution in [3.05, 3.63) is 43.2 Å². The molecule has 2 fully saturated rings. The van der Waals surface area contributed by atoms with Gasteiger partial charge in [0.05, 0.1) is 0 Å². The molecule has 0 amide bonds. The first-order valence-corrected chi connectivity index (χ1v) is 8.30. The Balaban J connectivity index is 1.49. The SMILES string of the molecule is O=c1c2c([nH]n1CC1CC1)Cc1c([nH]n(CC3CC3)c1=O)C2. The number of rotatable bonds is 4. The second kappa shape index (κ2) is 4.27. The predicted molar refractivity (Wildman–Crippen MR) is 81.2 cm³/mol. The minimum atomic E-state index is 0.100. The summed E-state index contributed by atoms with van der Waals surface area (Å²) in [6.07, 6.45) is 6.01. The molecule has 0 radical (unpaired) electrons. The summed E-state index contributed by atoms with van der Waals surface area (Å²) < 4.78 is 3.49. The van der Waals surface area contributed by atoms with Gasteiger partial charge >= 0.3 is 0 Å². The summed E-state index contributed by atoms with van der Waals surface area (Å²) in [6, 6.07) is 0. The van der Waals surface area contributed by atoms with Gasteiger partial charge in [-0.2, -0.15) is 0 Å². The molecule has 2 saturated carbocycles. The maximum atomic E-state index is 12.5. The maximum Gasteiger partial charge on any atom is 0.270 e. The lowest BCUT2D eigenvalue weighted by atomic mass is 9.96. The summed E-state index contributed by atoms with van der Waals surface area (Å²) >= 11 is 0. The van der Waals surface area contributed by atoms with E-state index in [1.807, 2.05) is 0 Å². The molecule has 0 aromatic carbocycles. The lowest BCUT2D eigenvalue weighted by Crippen LogP contribution is -2.22. The average molecular weight is 300 g/mol. The molecule has 6 nitrogen and oxygen atoms in total. The molecule has 0 unspecified atom stereocenters. The Morgan fingerprint density at radius 3 is 1.55 bits per heavy atom. The molecule has 5 rings (SSSR count). The van der Waals surface area contributed by atoms with Gasteiger partial charge < -0.3 is 0 Å². The molecular formula is C16H20N4O2. The summed E-state index contributed by atoms with van der Waals surface area (Å²) in [6.45, 7) is 1.59. The van der Waals surface area contributed by atoms with E-state index in [1.165, 1.54) is 25.7 Å². The molecular weight excluding hydrogens is 280 g/mol. The molecule has 116 valence electrons. The Bertz CT molecular complexity index is 786. The van der Waals surface area contributed by atoms with E-state index in [0.29, 0.717) is 24.7 Å². The number of nitrogens with zero attached hydrogens (tertiary/aromatic N) is 2. The van der Waals surface area contributed by atoms with Crippen molar-refractivity contribution in [2.24, 2.45) is 11.8 Å². The Kier molecular flexibility index (Phi) is 2.44. The van der Waals surface area contributed by atoms with Gasteiger partial charge in [-0.1, -0.05) is 0 Å². The monoisotopic (exact) mass is 300 g/mol. The summed E-state index contributed by atoms with van der Waals surface area (Å²) in [5.41, 5.74) is 3.76. The summed E-state index contributed by atoms with van der Waals surface area (Å²) in [7, 11) is 0. The normalized spacial score (nSPS) is 20.0. The first-order valence-electron chi connectivity index (χ1n) is 8.30. The van der Waals surface area contributed by atoms with Crippen molar-refractivity contribution in [1.82, 2.24) is 19.6 Å². The van der Waals surface area contributed by atoms with E-state index in [0.717, 1.165) is 35.6 Å². The van der Waals surface area contributed by atoms with Crippen LogP contribution in [0.1, 0.15) is 48.2 Å². The van der Waals surface area contributed by atoms with Crippen molar-refractivity contribution in [2.45, 2.75) is 51.6 Å². The fourth-order valence-electron chi connectivity index (χ4n) is 3.53. The third kappa shape index (κ3) is 1.93. The van der Waals surface area contributed by atoms with Crippen LogP contribution >= 0.6 is 0 Å². The molecule has 0 spiro atoms. The minimum Gasteiger partial charge on any atom is -0.299 e. The Morgan fingerprint density at radius 2 is 1.18 bits per heavy atom.